The van der Waals surface area contributed by atoms with Crippen LogP contribution in [0.2, 0.25) is 0 Å². The summed E-state index contributed by atoms with van der Waals surface area (Å²) in [7, 11) is 1.91. The quantitative estimate of drug-likeness (QED) is 0.927. The number of halogens is 3. The molecular formula is C15H23F3N4. The average molecular weight is 316 g/mol. The minimum atomic E-state index is -4.12. The van der Waals surface area contributed by atoms with Crippen LogP contribution >= 0.6 is 0 Å². The van der Waals surface area contributed by atoms with Gasteiger partial charge < -0.3 is 9.88 Å². The van der Waals surface area contributed by atoms with E-state index in [4.69, 9.17) is 0 Å². The molecule has 0 unspecified atom stereocenters. The first kappa shape index (κ1) is 15.8. The van der Waals surface area contributed by atoms with Gasteiger partial charge in [-0.15, -0.1) is 10.2 Å². The molecule has 2 saturated carbocycles. The first-order valence-corrected chi connectivity index (χ1v) is 8.15. The zero-order valence-corrected chi connectivity index (χ0v) is 12.9. The van der Waals surface area contributed by atoms with Crippen LogP contribution < -0.4 is 5.32 Å². The number of nitrogens with one attached hydrogen (secondary N) is 1. The molecule has 1 N–H and O–H groups in total. The summed E-state index contributed by atoms with van der Waals surface area (Å²) in [5.74, 6) is 0.942. The highest BCUT2D eigenvalue weighted by molar-refractivity contribution is 5.05. The van der Waals surface area contributed by atoms with Crippen LogP contribution in [0.1, 0.15) is 62.5 Å². The Bertz CT molecular complexity index is 507. The van der Waals surface area contributed by atoms with Gasteiger partial charge in [0.25, 0.3) is 0 Å². The van der Waals surface area contributed by atoms with Gasteiger partial charge in [0, 0.05) is 19.0 Å². The molecule has 4 nitrogen and oxygen atoms in total. The summed E-state index contributed by atoms with van der Waals surface area (Å²) in [6, 6.07) is -0.502. The highest BCUT2D eigenvalue weighted by Crippen LogP contribution is 2.38. The number of aromatic nitrogens is 3. The molecule has 2 aliphatic carbocycles. The summed E-state index contributed by atoms with van der Waals surface area (Å²) in [6.07, 6.45) is 1.71. The molecule has 1 aromatic heterocycles. The van der Waals surface area contributed by atoms with Gasteiger partial charge in [0.2, 0.25) is 0 Å². The van der Waals surface area contributed by atoms with E-state index in [0.717, 1.165) is 30.9 Å². The Morgan fingerprint density at radius 3 is 2.45 bits per heavy atom. The molecule has 0 saturated heterocycles. The summed E-state index contributed by atoms with van der Waals surface area (Å²) in [5, 5.41) is 11.5. The Labute approximate surface area is 128 Å². The van der Waals surface area contributed by atoms with E-state index in [1.165, 1.54) is 6.42 Å². The topological polar surface area (TPSA) is 42.7 Å². The van der Waals surface area contributed by atoms with E-state index in [-0.39, 0.29) is 6.42 Å². The van der Waals surface area contributed by atoms with Crippen LogP contribution in [0, 0.1) is 5.92 Å². The Kier molecular flexibility index (Phi) is 4.43. The van der Waals surface area contributed by atoms with Crippen molar-refractivity contribution in [3.05, 3.63) is 11.6 Å². The van der Waals surface area contributed by atoms with E-state index in [1.54, 1.807) is 0 Å². The van der Waals surface area contributed by atoms with E-state index in [9.17, 15) is 13.2 Å². The van der Waals surface area contributed by atoms with Crippen molar-refractivity contribution in [2.24, 2.45) is 13.0 Å². The first-order chi connectivity index (χ1) is 10.5. The van der Waals surface area contributed by atoms with Crippen molar-refractivity contribution in [1.29, 1.82) is 0 Å². The smallest absolute Gasteiger partial charge is 0.317 e. The van der Waals surface area contributed by atoms with Gasteiger partial charge >= 0.3 is 6.18 Å². The molecule has 3 rings (SSSR count). The van der Waals surface area contributed by atoms with E-state index in [0.29, 0.717) is 25.3 Å². The van der Waals surface area contributed by atoms with Crippen LogP contribution in [-0.2, 0) is 13.6 Å². The van der Waals surface area contributed by atoms with Crippen molar-refractivity contribution in [1.82, 2.24) is 20.1 Å². The Morgan fingerprint density at radius 2 is 1.82 bits per heavy atom. The third kappa shape index (κ3) is 3.14. The van der Waals surface area contributed by atoms with Gasteiger partial charge in [-0.3, -0.25) is 0 Å². The number of rotatable bonds is 4. The Balaban J connectivity index is 1.62. The van der Waals surface area contributed by atoms with Crippen molar-refractivity contribution < 1.29 is 13.2 Å². The standard InChI is InChI=1S/C15H23F3N4/c1-22-13(20-21-14(22)10-5-4-6-10)9-19-12-8-3-2-7-11(12)15(16,17)18/h10-12,19H,2-9H2,1H3/t11-,12-/m0/s1. The van der Waals surface area contributed by atoms with E-state index in [1.807, 2.05) is 11.6 Å². The third-order valence-electron chi connectivity index (χ3n) is 5.18. The molecule has 2 aliphatic rings. The summed E-state index contributed by atoms with van der Waals surface area (Å²) >= 11 is 0. The number of alkyl halides is 3. The Morgan fingerprint density at radius 1 is 1.09 bits per heavy atom. The predicted molar refractivity (Wildman–Crippen MR) is 76.2 cm³/mol. The molecule has 2 fully saturated rings. The highest BCUT2D eigenvalue weighted by atomic mass is 19.4. The van der Waals surface area contributed by atoms with Gasteiger partial charge in [0.1, 0.15) is 11.6 Å². The lowest BCUT2D eigenvalue weighted by Crippen LogP contribution is -2.45. The van der Waals surface area contributed by atoms with Crippen LogP contribution in [-0.4, -0.2) is 27.0 Å². The van der Waals surface area contributed by atoms with Gasteiger partial charge in [-0.25, -0.2) is 0 Å². The van der Waals surface area contributed by atoms with Crippen LogP contribution in [0.4, 0.5) is 13.2 Å². The SMILES string of the molecule is Cn1c(CN[C@H]2CCCC[C@@H]2C(F)(F)F)nnc1C1CCC1. The minimum absolute atomic E-state index is 0.229. The highest BCUT2D eigenvalue weighted by Gasteiger charge is 2.45. The van der Waals surface area contributed by atoms with Crippen LogP contribution in [0.25, 0.3) is 0 Å². The molecule has 1 aromatic rings. The van der Waals surface area contributed by atoms with E-state index in [2.05, 4.69) is 15.5 Å². The van der Waals surface area contributed by atoms with Crippen molar-refractivity contribution in [2.75, 3.05) is 0 Å². The van der Waals surface area contributed by atoms with E-state index < -0.39 is 18.1 Å². The molecule has 0 aromatic carbocycles. The van der Waals surface area contributed by atoms with Crippen molar-refractivity contribution >= 4 is 0 Å². The zero-order chi connectivity index (χ0) is 15.7. The normalized spacial score (nSPS) is 26.9. The number of hydrogen-bond donors (Lipinski definition) is 1. The predicted octanol–water partition coefficient (Wildman–Crippen LogP) is 3.29. The summed E-state index contributed by atoms with van der Waals surface area (Å²) < 4.78 is 41.2. The van der Waals surface area contributed by atoms with Crippen molar-refractivity contribution in [3.63, 3.8) is 0 Å². The van der Waals surface area contributed by atoms with Crippen LogP contribution in [0.3, 0.4) is 0 Å². The van der Waals surface area contributed by atoms with Gasteiger partial charge in [-0.05, 0) is 25.7 Å². The van der Waals surface area contributed by atoms with Crippen molar-refractivity contribution in [2.45, 2.75) is 69.6 Å². The minimum Gasteiger partial charge on any atom is -0.317 e. The van der Waals surface area contributed by atoms with Gasteiger partial charge in [0.15, 0.2) is 0 Å². The summed E-state index contributed by atoms with van der Waals surface area (Å²) in [6.45, 7) is 0.355. The molecule has 0 amide bonds. The molecule has 0 bridgehead atoms. The van der Waals surface area contributed by atoms with Gasteiger partial charge in [-0.1, -0.05) is 19.3 Å². The lowest BCUT2D eigenvalue weighted by atomic mass is 9.84. The fourth-order valence-corrected chi connectivity index (χ4v) is 3.54. The summed E-state index contributed by atoms with van der Waals surface area (Å²) in [4.78, 5) is 0. The first-order valence-electron chi connectivity index (χ1n) is 8.15. The maximum Gasteiger partial charge on any atom is 0.393 e. The number of hydrogen-bond acceptors (Lipinski definition) is 3. The lowest BCUT2D eigenvalue weighted by Gasteiger charge is -2.33. The maximum absolute atomic E-state index is 13.1. The zero-order valence-electron chi connectivity index (χ0n) is 12.9. The molecule has 124 valence electrons. The Hall–Kier alpha value is -1.11. The second kappa shape index (κ2) is 6.18. The van der Waals surface area contributed by atoms with E-state index >= 15 is 0 Å². The maximum atomic E-state index is 13.1. The van der Waals surface area contributed by atoms with Gasteiger partial charge in [0.05, 0.1) is 12.5 Å². The molecule has 2 atom stereocenters. The molecule has 0 aliphatic heterocycles. The fourth-order valence-electron chi connectivity index (χ4n) is 3.54. The van der Waals surface area contributed by atoms with Crippen LogP contribution in [0.5, 0.6) is 0 Å². The molecule has 0 radical (unpaired) electrons. The molecule has 0 spiro atoms. The monoisotopic (exact) mass is 316 g/mol. The largest absolute Gasteiger partial charge is 0.393 e. The fraction of sp³-hybridized carbons (Fsp3) is 0.867. The second-order valence-electron chi connectivity index (χ2n) is 6.58. The number of nitrogens with zero attached hydrogens (tertiary/aromatic N) is 3. The average Bonchev–Trinajstić information content (AvgIpc) is 2.76. The lowest BCUT2D eigenvalue weighted by molar-refractivity contribution is -0.189. The molecule has 22 heavy (non-hydrogen) atoms. The third-order valence-corrected chi connectivity index (χ3v) is 5.18. The molecule has 7 heteroatoms. The van der Waals surface area contributed by atoms with Crippen molar-refractivity contribution in [3.8, 4) is 0 Å². The molecular weight excluding hydrogens is 293 g/mol. The van der Waals surface area contributed by atoms with Crippen LogP contribution in [0.15, 0.2) is 0 Å². The second-order valence-corrected chi connectivity index (χ2v) is 6.58. The molecule has 1 heterocycles. The summed E-state index contributed by atoms with van der Waals surface area (Å²) in [5.41, 5.74) is 0. The van der Waals surface area contributed by atoms with Gasteiger partial charge in [-0.2, -0.15) is 13.2 Å².